The number of likely N-dealkylation sites (N-methyl/N-ethyl adjacent to an activating group) is 1. The average molecular weight is 744 g/mol. The zero-order valence-corrected chi connectivity index (χ0v) is 31.5. The number of rotatable bonds is 15. The highest BCUT2D eigenvalue weighted by molar-refractivity contribution is 5.97. The zero-order chi connectivity index (χ0) is 39.2. The number of carbonyl (C=O) groups is 4. The summed E-state index contributed by atoms with van der Waals surface area (Å²) >= 11 is 0. The molecular formula is C38H49N9O7. The first-order chi connectivity index (χ1) is 25.9. The van der Waals surface area contributed by atoms with Crippen LogP contribution in [0.15, 0.2) is 73.2 Å². The van der Waals surface area contributed by atoms with E-state index in [0.717, 1.165) is 40.4 Å². The Hall–Kier alpha value is -5.87. The van der Waals surface area contributed by atoms with E-state index in [0.29, 0.717) is 76.6 Å². The number of nitrogens with zero attached hydrogens (tertiary/aromatic N) is 9. The molecule has 0 bridgehead atoms. The normalized spacial score (nSPS) is 12.9. The number of carboxylic acid groups (broad SMARTS) is 2. The molecule has 288 valence electrons. The lowest BCUT2D eigenvalue weighted by Crippen LogP contribution is -2.49. The molecule has 2 aromatic carbocycles. The molecule has 0 spiro atoms. The Morgan fingerprint density at radius 1 is 0.852 bits per heavy atom. The first-order valence-corrected chi connectivity index (χ1v) is 17.6. The lowest BCUT2D eigenvalue weighted by atomic mass is 10.1. The first kappa shape index (κ1) is 40.9. The molecule has 0 radical (unpaired) electrons. The molecule has 1 saturated heterocycles. The second-order valence-electron chi connectivity index (χ2n) is 13.1. The van der Waals surface area contributed by atoms with Crippen LogP contribution in [0.1, 0.15) is 29.3 Å². The van der Waals surface area contributed by atoms with Crippen molar-refractivity contribution >= 4 is 46.3 Å². The number of fused-ring (bicyclic) bond motifs is 1. The van der Waals surface area contributed by atoms with E-state index < -0.39 is 11.9 Å². The lowest BCUT2D eigenvalue weighted by molar-refractivity contribution is -0.134. The zero-order valence-electron chi connectivity index (χ0n) is 31.5. The highest BCUT2D eigenvalue weighted by atomic mass is 16.5. The van der Waals surface area contributed by atoms with Gasteiger partial charge in [-0.25, -0.2) is 24.2 Å². The highest BCUT2D eigenvalue weighted by Crippen LogP contribution is 2.25. The van der Waals surface area contributed by atoms with E-state index in [-0.39, 0.29) is 11.8 Å². The Balaban J connectivity index is 0.000000730. The summed E-state index contributed by atoms with van der Waals surface area (Å²) in [5.74, 6) is -0.791. The summed E-state index contributed by atoms with van der Waals surface area (Å²) in [6, 6.07) is 15.4. The van der Waals surface area contributed by atoms with Crippen molar-refractivity contribution in [3.63, 3.8) is 0 Å². The fourth-order valence-corrected chi connectivity index (χ4v) is 5.70. The summed E-state index contributed by atoms with van der Waals surface area (Å²) in [6.45, 7) is 7.62. The van der Waals surface area contributed by atoms with E-state index in [1.54, 1.807) is 6.33 Å². The molecule has 0 unspecified atom stereocenters. The standard InChI is InChI=1S/C34H45N9O3.C4H4O4/c1-6-46-29-9-7-8-26(22-29)24-43-33-30(23-37-43)32(35-25-36-33)40-17-19-41(20-18-40)34(45)27-10-12-28(13-11-27)42(21-16-39(4)5)31(44)14-15-38(2)3;5-3(6)1-2-4(7)8/h7-13,22-23,25H,6,14-21,24H2,1-5H3;1-2H,(H,5,6)(H,7,8). The number of aromatic nitrogens is 4. The van der Waals surface area contributed by atoms with Gasteiger partial charge in [0.1, 0.15) is 17.9 Å². The van der Waals surface area contributed by atoms with Gasteiger partial charge in [0, 0.05) is 75.6 Å². The Kier molecular flexibility index (Phi) is 15.0. The van der Waals surface area contributed by atoms with Crippen molar-refractivity contribution in [3.8, 4) is 5.75 Å². The molecule has 0 saturated carbocycles. The van der Waals surface area contributed by atoms with E-state index in [2.05, 4.69) is 30.9 Å². The molecule has 1 aliphatic heterocycles. The highest BCUT2D eigenvalue weighted by Gasteiger charge is 2.25. The summed E-state index contributed by atoms with van der Waals surface area (Å²) in [5.41, 5.74) is 3.27. The van der Waals surface area contributed by atoms with Crippen molar-refractivity contribution in [2.75, 3.05) is 90.4 Å². The summed E-state index contributed by atoms with van der Waals surface area (Å²) in [5, 5.41) is 21.1. The number of carboxylic acids is 2. The predicted octanol–water partition coefficient (Wildman–Crippen LogP) is 2.79. The fraction of sp³-hybridized carbons (Fsp3) is 0.395. The van der Waals surface area contributed by atoms with Crippen LogP contribution in [0.4, 0.5) is 11.5 Å². The summed E-state index contributed by atoms with van der Waals surface area (Å²) < 4.78 is 7.53. The molecule has 54 heavy (non-hydrogen) atoms. The van der Waals surface area contributed by atoms with Gasteiger partial charge in [-0.1, -0.05) is 12.1 Å². The summed E-state index contributed by atoms with van der Waals surface area (Å²) in [4.78, 5) is 64.7. The van der Waals surface area contributed by atoms with E-state index >= 15 is 0 Å². The molecule has 2 amide bonds. The number of aliphatic carboxylic acids is 2. The second kappa shape index (κ2) is 19.8. The molecule has 2 N–H and O–H groups in total. The number of amides is 2. The van der Waals surface area contributed by atoms with E-state index in [9.17, 15) is 19.2 Å². The van der Waals surface area contributed by atoms with Crippen LogP contribution in [0.25, 0.3) is 11.0 Å². The van der Waals surface area contributed by atoms with Crippen molar-refractivity contribution in [1.29, 1.82) is 0 Å². The SMILES string of the molecule is CCOc1cccc(Cn2ncc3c(N4CCN(C(=O)c5ccc(N(CCN(C)C)C(=O)CCN(C)C)cc5)CC4)ncnc32)c1.O=C(O)C=CC(=O)O. The minimum atomic E-state index is -1.26. The number of hydrogen-bond acceptors (Lipinski definition) is 11. The number of anilines is 2. The van der Waals surface area contributed by atoms with Gasteiger partial charge in [-0.2, -0.15) is 5.10 Å². The van der Waals surface area contributed by atoms with Gasteiger partial charge in [-0.15, -0.1) is 0 Å². The minimum Gasteiger partial charge on any atom is -0.494 e. The van der Waals surface area contributed by atoms with Crippen LogP contribution < -0.4 is 14.5 Å². The first-order valence-electron chi connectivity index (χ1n) is 17.6. The molecule has 1 fully saturated rings. The average Bonchev–Trinajstić information content (AvgIpc) is 3.56. The molecule has 1 aliphatic rings. The molecule has 16 heteroatoms. The maximum atomic E-state index is 13.5. The van der Waals surface area contributed by atoms with E-state index in [1.165, 1.54) is 0 Å². The van der Waals surface area contributed by atoms with Crippen LogP contribution in [0.3, 0.4) is 0 Å². The lowest BCUT2D eigenvalue weighted by Gasteiger charge is -2.35. The molecule has 0 aliphatic carbocycles. The van der Waals surface area contributed by atoms with Gasteiger partial charge in [-0.3, -0.25) is 9.59 Å². The second-order valence-corrected chi connectivity index (χ2v) is 13.1. The summed E-state index contributed by atoms with van der Waals surface area (Å²) in [7, 11) is 7.92. The Morgan fingerprint density at radius 3 is 2.13 bits per heavy atom. The van der Waals surface area contributed by atoms with Crippen LogP contribution >= 0.6 is 0 Å². The summed E-state index contributed by atoms with van der Waals surface area (Å²) in [6.07, 6.45) is 4.96. The fourth-order valence-electron chi connectivity index (χ4n) is 5.70. The third-order valence-corrected chi connectivity index (χ3v) is 8.46. The molecule has 4 aromatic rings. The third-order valence-electron chi connectivity index (χ3n) is 8.46. The molecule has 5 rings (SSSR count). The van der Waals surface area contributed by atoms with Crippen LogP contribution in [0, 0.1) is 0 Å². The number of carbonyl (C=O) groups excluding carboxylic acids is 2. The maximum absolute atomic E-state index is 13.5. The van der Waals surface area contributed by atoms with Crippen LogP contribution in [-0.4, -0.2) is 149 Å². The third kappa shape index (κ3) is 11.8. The van der Waals surface area contributed by atoms with Gasteiger partial charge >= 0.3 is 11.9 Å². The topological polar surface area (TPSA) is 178 Å². The van der Waals surface area contributed by atoms with Crippen molar-refractivity contribution in [2.24, 2.45) is 0 Å². The van der Waals surface area contributed by atoms with Crippen molar-refractivity contribution in [2.45, 2.75) is 19.9 Å². The maximum Gasteiger partial charge on any atom is 0.328 e. The number of ether oxygens (including phenoxy) is 1. The number of hydrogen-bond donors (Lipinski definition) is 2. The number of piperazine rings is 1. The molecule has 0 atom stereocenters. The number of benzene rings is 2. The van der Waals surface area contributed by atoms with E-state index in [1.807, 2.05) is 103 Å². The Morgan fingerprint density at radius 2 is 1.52 bits per heavy atom. The quantitative estimate of drug-likeness (QED) is 0.170. The smallest absolute Gasteiger partial charge is 0.328 e. The Labute approximate surface area is 314 Å². The predicted molar refractivity (Wildman–Crippen MR) is 205 cm³/mol. The van der Waals surface area contributed by atoms with E-state index in [4.69, 9.17) is 14.9 Å². The van der Waals surface area contributed by atoms with Gasteiger partial charge in [0.15, 0.2) is 5.65 Å². The van der Waals surface area contributed by atoms with Gasteiger partial charge in [0.25, 0.3) is 5.91 Å². The molecular weight excluding hydrogens is 694 g/mol. The van der Waals surface area contributed by atoms with Crippen molar-refractivity contribution in [1.82, 2.24) is 34.4 Å². The van der Waals surface area contributed by atoms with Crippen LogP contribution in [-0.2, 0) is 20.9 Å². The van der Waals surface area contributed by atoms with Crippen molar-refractivity contribution < 1.29 is 34.1 Å². The monoisotopic (exact) mass is 743 g/mol. The minimum absolute atomic E-state index is 0.0140. The van der Waals surface area contributed by atoms with Crippen LogP contribution in [0.5, 0.6) is 5.75 Å². The van der Waals surface area contributed by atoms with Gasteiger partial charge in [0.2, 0.25) is 5.91 Å². The largest absolute Gasteiger partial charge is 0.494 e. The molecule has 16 nitrogen and oxygen atoms in total. The molecule has 3 heterocycles. The van der Waals surface area contributed by atoms with Crippen LogP contribution in [0.2, 0.25) is 0 Å². The molecule has 2 aromatic heterocycles. The van der Waals surface area contributed by atoms with Crippen molar-refractivity contribution in [3.05, 3.63) is 84.3 Å². The van der Waals surface area contributed by atoms with Gasteiger partial charge in [-0.05, 0) is 77.1 Å². The Bertz CT molecular complexity index is 1890. The van der Waals surface area contributed by atoms with Gasteiger partial charge in [0.05, 0.1) is 24.7 Å². The van der Waals surface area contributed by atoms with Gasteiger partial charge < -0.3 is 39.4 Å².